The lowest BCUT2D eigenvalue weighted by molar-refractivity contribution is 0.431. The van der Waals surface area contributed by atoms with Crippen LogP contribution in [0.4, 0.5) is 11.4 Å². The van der Waals surface area contributed by atoms with Crippen molar-refractivity contribution in [2.45, 2.75) is 52.0 Å². The summed E-state index contributed by atoms with van der Waals surface area (Å²) >= 11 is 0. The molecule has 1 aliphatic carbocycles. The van der Waals surface area contributed by atoms with Gasteiger partial charge in [-0.3, -0.25) is 0 Å². The first-order valence-electron chi connectivity index (χ1n) is 9.24. The zero-order chi connectivity index (χ0) is 17.1. The lowest BCUT2D eigenvalue weighted by Gasteiger charge is -2.29. The normalized spacial score (nSPS) is 22.5. The molecule has 0 saturated carbocycles. The molecule has 0 bridgehead atoms. The molecule has 24 heavy (non-hydrogen) atoms. The summed E-state index contributed by atoms with van der Waals surface area (Å²) in [5.74, 6) is 0.513. The summed E-state index contributed by atoms with van der Waals surface area (Å²) in [5, 5.41) is 3.86. The van der Waals surface area contributed by atoms with Crippen LogP contribution in [0.3, 0.4) is 0 Å². The van der Waals surface area contributed by atoms with Crippen LogP contribution in [0.2, 0.25) is 0 Å². The predicted molar refractivity (Wildman–Crippen MR) is 103 cm³/mol. The standard InChI is InChI=1S/C22H28N2/c1-6-24(7-2)15-12-14(3)20-17(13-15)19-21(23-20)16-10-8-9-11-18(16)22(19,4)5/h8-13,19,21,23H,6-7H2,1-5H3/t19-,21-/m1/s1. The molecule has 0 spiro atoms. The number of hydrogen-bond acceptors (Lipinski definition) is 2. The molecule has 4 rings (SSSR count). The number of hydrogen-bond donors (Lipinski definition) is 1. The Balaban J connectivity index is 1.87. The first-order chi connectivity index (χ1) is 11.5. The third-order valence-electron chi connectivity index (χ3n) is 6.22. The summed E-state index contributed by atoms with van der Waals surface area (Å²) in [5.41, 5.74) is 8.75. The van der Waals surface area contributed by atoms with E-state index in [-0.39, 0.29) is 5.41 Å². The quantitative estimate of drug-likeness (QED) is 0.816. The molecule has 1 N–H and O–H groups in total. The van der Waals surface area contributed by atoms with E-state index in [2.05, 4.69) is 81.2 Å². The Morgan fingerprint density at radius 3 is 2.46 bits per heavy atom. The Labute approximate surface area is 145 Å². The Kier molecular flexibility index (Phi) is 3.42. The van der Waals surface area contributed by atoms with E-state index in [9.17, 15) is 0 Å². The maximum Gasteiger partial charge on any atom is 0.0594 e. The third-order valence-corrected chi connectivity index (χ3v) is 6.22. The Bertz CT molecular complexity index is 787. The summed E-state index contributed by atoms with van der Waals surface area (Å²) in [7, 11) is 0. The second-order valence-electron chi connectivity index (χ2n) is 7.81. The molecule has 2 heteroatoms. The van der Waals surface area contributed by atoms with E-state index in [0.29, 0.717) is 12.0 Å². The van der Waals surface area contributed by atoms with Crippen molar-refractivity contribution in [3.8, 4) is 0 Å². The molecule has 0 unspecified atom stereocenters. The van der Waals surface area contributed by atoms with Crippen molar-refractivity contribution in [2.75, 3.05) is 23.3 Å². The predicted octanol–water partition coefficient (Wildman–Crippen LogP) is 5.38. The number of rotatable bonds is 3. The van der Waals surface area contributed by atoms with Crippen molar-refractivity contribution >= 4 is 11.4 Å². The van der Waals surface area contributed by atoms with E-state index in [0.717, 1.165) is 13.1 Å². The summed E-state index contributed by atoms with van der Waals surface area (Å²) in [4.78, 5) is 2.45. The van der Waals surface area contributed by atoms with Crippen molar-refractivity contribution in [3.63, 3.8) is 0 Å². The van der Waals surface area contributed by atoms with E-state index in [1.807, 2.05) is 0 Å². The highest BCUT2D eigenvalue weighted by Crippen LogP contribution is 2.61. The molecule has 2 aromatic carbocycles. The highest BCUT2D eigenvalue weighted by Gasteiger charge is 2.51. The minimum atomic E-state index is 0.161. The second kappa shape index (κ2) is 5.27. The molecule has 0 fully saturated rings. The second-order valence-corrected chi connectivity index (χ2v) is 7.81. The van der Waals surface area contributed by atoms with Crippen molar-refractivity contribution in [3.05, 3.63) is 58.7 Å². The molecule has 0 aromatic heterocycles. The smallest absolute Gasteiger partial charge is 0.0594 e. The zero-order valence-electron chi connectivity index (χ0n) is 15.5. The van der Waals surface area contributed by atoms with Crippen LogP contribution in [0.1, 0.15) is 61.9 Å². The molecule has 0 saturated heterocycles. The van der Waals surface area contributed by atoms with Crippen molar-refractivity contribution in [1.29, 1.82) is 0 Å². The maximum absolute atomic E-state index is 3.86. The van der Waals surface area contributed by atoms with Gasteiger partial charge in [0.2, 0.25) is 0 Å². The maximum atomic E-state index is 3.86. The van der Waals surface area contributed by atoms with Gasteiger partial charge in [0.1, 0.15) is 0 Å². The van der Waals surface area contributed by atoms with Crippen LogP contribution in [0.5, 0.6) is 0 Å². The van der Waals surface area contributed by atoms with Gasteiger partial charge in [-0.2, -0.15) is 0 Å². The summed E-state index contributed by atoms with van der Waals surface area (Å²) < 4.78 is 0. The van der Waals surface area contributed by atoms with Gasteiger partial charge in [0.05, 0.1) is 6.04 Å². The lowest BCUT2D eigenvalue weighted by Crippen LogP contribution is -2.24. The molecule has 0 radical (unpaired) electrons. The average molecular weight is 320 g/mol. The van der Waals surface area contributed by atoms with Crippen LogP contribution in [0.25, 0.3) is 0 Å². The van der Waals surface area contributed by atoms with Gasteiger partial charge in [-0.05, 0) is 60.6 Å². The van der Waals surface area contributed by atoms with E-state index >= 15 is 0 Å². The van der Waals surface area contributed by atoms with Crippen LogP contribution in [0, 0.1) is 6.92 Å². The van der Waals surface area contributed by atoms with Gasteiger partial charge in [-0.15, -0.1) is 0 Å². The molecule has 0 amide bonds. The van der Waals surface area contributed by atoms with Crippen molar-refractivity contribution in [1.82, 2.24) is 0 Å². The van der Waals surface area contributed by atoms with E-state index in [1.165, 1.54) is 33.6 Å². The minimum Gasteiger partial charge on any atom is -0.377 e. The number of anilines is 2. The number of aryl methyl sites for hydroxylation is 1. The Morgan fingerprint density at radius 2 is 1.75 bits per heavy atom. The molecule has 1 heterocycles. The fourth-order valence-electron chi connectivity index (χ4n) is 5.01. The molecule has 126 valence electrons. The van der Waals surface area contributed by atoms with Crippen LogP contribution in [-0.2, 0) is 5.41 Å². The largest absolute Gasteiger partial charge is 0.377 e. The third kappa shape index (κ3) is 1.95. The SMILES string of the molecule is CCN(CC)c1cc(C)c2c(c1)[C@@H]1[C@H](N2)c2ccccc2C1(C)C. The number of nitrogens with one attached hydrogen (secondary N) is 1. The van der Waals surface area contributed by atoms with Gasteiger partial charge in [0, 0.05) is 30.4 Å². The fourth-order valence-corrected chi connectivity index (χ4v) is 5.01. The summed E-state index contributed by atoms with van der Waals surface area (Å²) in [6.07, 6.45) is 0. The van der Waals surface area contributed by atoms with Crippen LogP contribution in [0.15, 0.2) is 36.4 Å². The molecule has 2 nitrogen and oxygen atoms in total. The van der Waals surface area contributed by atoms with Crippen molar-refractivity contribution in [2.24, 2.45) is 0 Å². The van der Waals surface area contributed by atoms with Crippen LogP contribution >= 0.6 is 0 Å². The lowest BCUT2D eigenvalue weighted by atomic mass is 9.74. The average Bonchev–Trinajstić information content (AvgIpc) is 3.05. The first kappa shape index (κ1) is 15.6. The van der Waals surface area contributed by atoms with Gasteiger partial charge in [-0.1, -0.05) is 38.1 Å². The minimum absolute atomic E-state index is 0.161. The highest BCUT2D eigenvalue weighted by atomic mass is 15.1. The molecular weight excluding hydrogens is 292 g/mol. The number of benzene rings is 2. The van der Waals surface area contributed by atoms with Gasteiger partial charge in [0.15, 0.2) is 0 Å². The van der Waals surface area contributed by atoms with Gasteiger partial charge >= 0.3 is 0 Å². The first-order valence-corrected chi connectivity index (χ1v) is 9.24. The van der Waals surface area contributed by atoms with Crippen LogP contribution in [-0.4, -0.2) is 13.1 Å². The van der Waals surface area contributed by atoms with Gasteiger partial charge < -0.3 is 10.2 Å². The summed E-state index contributed by atoms with van der Waals surface area (Å²) in [6.45, 7) is 13.7. The molecule has 2 aromatic rings. The molecule has 2 atom stereocenters. The van der Waals surface area contributed by atoms with E-state index in [4.69, 9.17) is 0 Å². The molecular formula is C22H28N2. The Morgan fingerprint density at radius 1 is 1.04 bits per heavy atom. The van der Waals surface area contributed by atoms with Crippen molar-refractivity contribution < 1.29 is 0 Å². The molecule has 1 aliphatic heterocycles. The van der Waals surface area contributed by atoms with Gasteiger partial charge in [0.25, 0.3) is 0 Å². The highest BCUT2D eigenvalue weighted by molar-refractivity contribution is 5.74. The van der Waals surface area contributed by atoms with Gasteiger partial charge in [-0.25, -0.2) is 0 Å². The van der Waals surface area contributed by atoms with Crippen LogP contribution < -0.4 is 10.2 Å². The monoisotopic (exact) mass is 320 g/mol. The fraction of sp³-hybridized carbons (Fsp3) is 0.455. The van der Waals surface area contributed by atoms with E-state index < -0.39 is 0 Å². The number of fused-ring (bicyclic) bond motifs is 5. The molecule has 2 aliphatic rings. The van der Waals surface area contributed by atoms with E-state index in [1.54, 1.807) is 0 Å². The topological polar surface area (TPSA) is 15.3 Å². The zero-order valence-corrected chi connectivity index (χ0v) is 15.5. The summed E-state index contributed by atoms with van der Waals surface area (Å²) in [6, 6.07) is 14.2. The number of nitrogens with zero attached hydrogens (tertiary/aromatic N) is 1. The Hall–Kier alpha value is -1.96.